The van der Waals surface area contributed by atoms with E-state index in [2.05, 4.69) is 17.0 Å². The maximum absolute atomic E-state index is 13.7. The largest absolute Gasteiger partial charge is 0.404 e. The van der Waals surface area contributed by atoms with E-state index < -0.39 is 22.8 Å². The molecule has 0 aromatic heterocycles. The summed E-state index contributed by atoms with van der Waals surface area (Å²) in [5.41, 5.74) is 15.6. The summed E-state index contributed by atoms with van der Waals surface area (Å²) in [6, 6.07) is 2.18. The van der Waals surface area contributed by atoms with Crippen LogP contribution < -0.4 is 17.2 Å². The fourth-order valence-corrected chi connectivity index (χ4v) is 1.60. The van der Waals surface area contributed by atoms with Crippen molar-refractivity contribution < 1.29 is 13.6 Å². The van der Waals surface area contributed by atoms with Crippen molar-refractivity contribution in [2.75, 3.05) is 12.3 Å². The summed E-state index contributed by atoms with van der Waals surface area (Å²) in [4.78, 5) is 5.25. The highest BCUT2D eigenvalue weighted by atomic mass is 19.1. The zero-order valence-corrected chi connectivity index (χ0v) is 11.8. The van der Waals surface area contributed by atoms with Crippen LogP contribution >= 0.6 is 0 Å². The molecule has 1 aliphatic carbocycles. The molecular weight excluding hydrogens is 290 g/mol. The molecular formula is C15H16F2N4O. The van der Waals surface area contributed by atoms with Gasteiger partial charge in [-0.15, -0.1) is 0 Å². The number of oxime groups is 1. The standard InChI is InChI=1S/C15H16F2N4O/c16-12-3-4-13(20)14(17)11(12)2-1-10(7-18)8-21-22-15(9-19)5-6-15/h3-4,7-8H,5-6,9,18-20H2/b10-7-,21-8+. The summed E-state index contributed by atoms with van der Waals surface area (Å²) >= 11 is 0. The first kappa shape index (κ1) is 15.8. The van der Waals surface area contributed by atoms with Crippen LogP contribution in [0.5, 0.6) is 0 Å². The van der Waals surface area contributed by atoms with Crippen LogP contribution in [0.2, 0.25) is 0 Å². The normalized spacial score (nSPS) is 16.2. The van der Waals surface area contributed by atoms with Crippen molar-refractivity contribution in [1.82, 2.24) is 0 Å². The number of nitrogen functional groups attached to an aromatic ring is 1. The second-order valence-corrected chi connectivity index (χ2v) is 4.91. The molecule has 22 heavy (non-hydrogen) atoms. The molecule has 116 valence electrons. The van der Waals surface area contributed by atoms with Crippen LogP contribution in [0.25, 0.3) is 0 Å². The van der Waals surface area contributed by atoms with Crippen molar-refractivity contribution in [3.05, 3.63) is 41.1 Å². The number of nitrogens with two attached hydrogens (primary N) is 3. The molecule has 0 heterocycles. The number of nitrogens with zero attached hydrogens (tertiary/aromatic N) is 1. The number of anilines is 1. The lowest BCUT2D eigenvalue weighted by atomic mass is 10.1. The van der Waals surface area contributed by atoms with Crippen LogP contribution in [0.1, 0.15) is 18.4 Å². The SMILES string of the molecule is N/C=C(C#Cc1c(F)ccc(N)c1F)\C=N\OC1(CN)CC1. The highest BCUT2D eigenvalue weighted by molar-refractivity contribution is 5.84. The summed E-state index contributed by atoms with van der Waals surface area (Å²) in [5, 5.41) is 3.75. The quantitative estimate of drug-likeness (QED) is 0.337. The zero-order chi connectivity index (χ0) is 16.2. The maximum atomic E-state index is 13.7. The molecule has 1 fully saturated rings. The van der Waals surface area contributed by atoms with Gasteiger partial charge in [0.2, 0.25) is 0 Å². The number of rotatable bonds is 4. The van der Waals surface area contributed by atoms with Crippen molar-refractivity contribution in [3.8, 4) is 11.8 Å². The van der Waals surface area contributed by atoms with Crippen LogP contribution in [-0.4, -0.2) is 18.4 Å². The molecule has 1 aromatic carbocycles. The van der Waals surface area contributed by atoms with Gasteiger partial charge < -0.3 is 22.0 Å². The van der Waals surface area contributed by atoms with Gasteiger partial charge in [-0.1, -0.05) is 17.0 Å². The first-order valence-corrected chi connectivity index (χ1v) is 6.60. The molecule has 0 saturated heterocycles. The third-order valence-electron chi connectivity index (χ3n) is 3.25. The molecule has 1 saturated carbocycles. The Labute approximate surface area is 126 Å². The lowest BCUT2D eigenvalue weighted by Gasteiger charge is -2.08. The van der Waals surface area contributed by atoms with Gasteiger partial charge in [0.1, 0.15) is 11.4 Å². The molecule has 6 N–H and O–H groups in total. The maximum Gasteiger partial charge on any atom is 0.164 e. The van der Waals surface area contributed by atoms with E-state index in [4.69, 9.17) is 22.0 Å². The third-order valence-corrected chi connectivity index (χ3v) is 3.25. The topological polar surface area (TPSA) is 99.7 Å². The lowest BCUT2D eigenvalue weighted by molar-refractivity contribution is 0.0457. The summed E-state index contributed by atoms with van der Waals surface area (Å²) < 4.78 is 27.2. The summed E-state index contributed by atoms with van der Waals surface area (Å²) in [7, 11) is 0. The smallest absolute Gasteiger partial charge is 0.164 e. The van der Waals surface area contributed by atoms with Gasteiger partial charge in [0.15, 0.2) is 5.82 Å². The minimum absolute atomic E-state index is 0.181. The molecule has 5 nitrogen and oxygen atoms in total. The van der Waals surface area contributed by atoms with Crippen molar-refractivity contribution in [3.63, 3.8) is 0 Å². The van der Waals surface area contributed by atoms with Gasteiger partial charge in [-0.2, -0.15) is 0 Å². The number of hydrogen-bond acceptors (Lipinski definition) is 5. The van der Waals surface area contributed by atoms with Crippen molar-refractivity contribution in [2.45, 2.75) is 18.4 Å². The van der Waals surface area contributed by atoms with Gasteiger partial charge in [0.25, 0.3) is 0 Å². The van der Waals surface area contributed by atoms with Crippen molar-refractivity contribution >= 4 is 11.9 Å². The van der Waals surface area contributed by atoms with E-state index in [1.54, 1.807) is 0 Å². The Balaban J connectivity index is 2.12. The van der Waals surface area contributed by atoms with E-state index in [0.29, 0.717) is 6.54 Å². The molecule has 0 unspecified atom stereocenters. The number of benzene rings is 1. The third kappa shape index (κ3) is 3.54. The fourth-order valence-electron chi connectivity index (χ4n) is 1.60. The van der Waals surface area contributed by atoms with Crippen LogP contribution in [0.4, 0.5) is 14.5 Å². The Morgan fingerprint density at radius 2 is 2.14 bits per heavy atom. The van der Waals surface area contributed by atoms with Crippen molar-refractivity contribution in [2.24, 2.45) is 16.6 Å². The fraction of sp³-hybridized carbons (Fsp3) is 0.267. The first-order chi connectivity index (χ1) is 10.5. The summed E-state index contributed by atoms with van der Waals surface area (Å²) in [5.74, 6) is 3.15. The van der Waals surface area contributed by atoms with Crippen LogP contribution in [0.3, 0.4) is 0 Å². The number of halogens is 2. The second-order valence-electron chi connectivity index (χ2n) is 4.91. The molecule has 7 heteroatoms. The molecule has 0 spiro atoms. The Bertz CT molecular complexity index is 685. The zero-order valence-electron chi connectivity index (χ0n) is 11.8. The minimum atomic E-state index is -0.905. The highest BCUT2D eigenvalue weighted by Gasteiger charge is 2.44. The molecule has 0 aliphatic heterocycles. The van der Waals surface area contributed by atoms with E-state index >= 15 is 0 Å². The molecule has 1 aromatic rings. The average molecular weight is 306 g/mol. The second kappa shape index (κ2) is 6.45. The van der Waals surface area contributed by atoms with E-state index in [0.717, 1.165) is 31.2 Å². The molecule has 0 bridgehead atoms. The summed E-state index contributed by atoms with van der Waals surface area (Å²) in [6.07, 6.45) is 4.11. The summed E-state index contributed by atoms with van der Waals surface area (Å²) in [6.45, 7) is 0.372. The molecule has 2 rings (SSSR count). The monoisotopic (exact) mass is 306 g/mol. The van der Waals surface area contributed by atoms with Gasteiger partial charge in [0.05, 0.1) is 23.0 Å². The van der Waals surface area contributed by atoms with E-state index in [1.807, 2.05) is 0 Å². The predicted octanol–water partition coefficient (Wildman–Crippen LogP) is 1.23. The molecule has 1 aliphatic rings. The van der Waals surface area contributed by atoms with Crippen LogP contribution in [-0.2, 0) is 4.84 Å². The van der Waals surface area contributed by atoms with Gasteiger partial charge in [-0.25, -0.2) is 8.78 Å². The van der Waals surface area contributed by atoms with Crippen LogP contribution in [0, 0.1) is 23.5 Å². The van der Waals surface area contributed by atoms with Crippen LogP contribution in [0.15, 0.2) is 29.1 Å². The highest BCUT2D eigenvalue weighted by Crippen LogP contribution is 2.38. The molecule has 0 atom stereocenters. The Hall–Kier alpha value is -2.59. The predicted molar refractivity (Wildman–Crippen MR) is 80.5 cm³/mol. The average Bonchev–Trinajstić information content (AvgIpc) is 3.29. The molecule has 0 amide bonds. The van der Waals surface area contributed by atoms with E-state index in [-0.39, 0.29) is 11.3 Å². The van der Waals surface area contributed by atoms with E-state index in [1.165, 1.54) is 6.21 Å². The van der Waals surface area contributed by atoms with Gasteiger partial charge in [-0.3, -0.25) is 0 Å². The Kier molecular flexibility index (Phi) is 4.63. The lowest BCUT2D eigenvalue weighted by Crippen LogP contribution is -2.23. The van der Waals surface area contributed by atoms with Gasteiger partial charge >= 0.3 is 0 Å². The van der Waals surface area contributed by atoms with Gasteiger partial charge in [-0.05, 0) is 25.0 Å². The minimum Gasteiger partial charge on any atom is -0.404 e. The molecule has 0 radical (unpaired) electrons. The van der Waals surface area contributed by atoms with Crippen molar-refractivity contribution in [1.29, 1.82) is 0 Å². The Morgan fingerprint density at radius 3 is 2.73 bits per heavy atom. The Morgan fingerprint density at radius 1 is 1.41 bits per heavy atom. The first-order valence-electron chi connectivity index (χ1n) is 6.60. The van der Waals surface area contributed by atoms with E-state index in [9.17, 15) is 8.78 Å². The van der Waals surface area contributed by atoms with Gasteiger partial charge in [0, 0.05) is 12.7 Å². The number of hydrogen-bond donors (Lipinski definition) is 3. The number of allylic oxidation sites excluding steroid dienone is 1.